The topological polar surface area (TPSA) is 42.2 Å². The van der Waals surface area contributed by atoms with Crippen LogP contribution < -0.4 is 10.6 Å². The minimum absolute atomic E-state index is 0.170. The van der Waals surface area contributed by atoms with Gasteiger partial charge in [-0.25, -0.2) is 4.98 Å². The summed E-state index contributed by atoms with van der Waals surface area (Å²) in [6, 6.07) is 4.68. The van der Waals surface area contributed by atoms with Crippen LogP contribution in [0.2, 0.25) is 0 Å². The Kier molecular flexibility index (Phi) is 3.62. The Morgan fingerprint density at radius 3 is 2.56 bits per heavy atom. The fraction of sp³-hybridized carbons (Fsp3) is 0.667. The van der Waals surface area contributed by atoms with Crippen molar-refractivity contribution in [3.63, 3.8) is 0 Å². The highest BCUT2D eigenvalue weighted by Crippen LogP contribution is 2.25. The molecular formula is C15H25N3. The van der Waals surface area contributed by atoms with Gasteiger partial charge in [0, 0.05) is 25.3 Å². The number of anilines is 1. The van der Waals surface area contributed by atoms with E-state index in [4.69, 9.17) is 5.73 Å². The van der Waals surface area contributed by atoms with Gasteiger partial charge in [0.15, 0.2) is 0 Å². The third-order valence-electron chi connectivity index (χ3n) is 3.91. The molecule has 3 nitrogen and oxygen atoms in total. The number of nitrogens with zero attached hydrogens (tertiary/aromatic N) is 2. The summed E-state index contributed by atoms with van der Waals surface area (Å²) in [5, 5.41) is 0. The lowest BCUT2D eigenvalue weighted by Crippen LogP contribution is -2.46. The fourth-order valence-electron chi connectivity index (χ4n) is 2.39. The van der Waals surface area contributed by atoms with Crippen LogP contribution in [-0.2, 0) is 5.41 Å². The summed E-state index contributed by atoms with van der Waals surface area (Å²) in [6.45, 7) is 10.9. The lowest BCUT2D eigenvalue weighted by Gasteiger charge is -2.36. The second kappa shape index (κ2) is 4.88. The number of rotatable bonds is 1. The predicted octanol–water partition coefficient (Wildman–Crippen LogP) is 2.55. The van der Waals surface area contributed by atoms with Gasteiger partial charge >= 0.3 is 0 Å². The number of hydrogen-bond donors (Lipinski definition) is 1. The van der Waals surface area contributed by atoms with Crippen molar-refractivity contribution in [2.75, 3.05) is 18.0 Å². The van der Waals surface area contributed by atoms with Crippen LogP contribution in [0.15, 0.2) is 18.3 Å². The zero-order chi connectivity index (χ0) is 13.3. The average molecular weight is 247 g/mol. The van der Waals surface area contributed by atoms with Gasteiger partial charge < -0.3 is 10.6 Å². The zero-order valence-electron chi connectivity index (χ0n) is 12.0. The Balaban J connectivity index is 2.11. The molecule has 1 saturated heterocycles. The van der Waals surface area contributed by atoms with E-state index in [1.54, 1.807) is 0 Å². The molecule has 1 aromatic rings. The zero-order valence-corrected chi connectivity index (χ0v) is 12.0. The molecule has 1 aromatic heterocycles. The first-order chi connectivity index (χ1) is 8.38. The standard InChI is InChI=1S/C15H25N3/c1-11-10-18(8-7-13(11)16)14-6-5-12(9-17-14)15(2,3)4/h5-6,9,11,13H,7-8,10,16H2,1-4H3. The largest absolute Gasteiger partial charge is 0.356 e. The van der Waals surface area contributed by atoms with Gasteiger partial charge in [-0.05, 0) is 29.4 Å². The number of aromatic nitrogens is 1. The van der Waals surface area contributed by atoms with Gasteiger partial charge in [0.05, 0.1) is 0 Å². The molecule has 1 fully saturated rings. The molecule has 2 rings (SSSR count). The quantitative estimate of drug-likeness (QED) is 0.829. The number of nitrogens with two attached hydrogens (primary N) is 1. The molecule has 2 heterocycles. The summed E-state index contributed by atoms with van der Waals surface area (Å²) >= 11 is 0. The van der Waals surface area contributed by atoms with Crippen molar-refractivity contribution < 1.29 is 0 Å². The molecule has 0 spiro atoms. The summed E-state index contributed by atoms with van der Waals surface area (Å²) in [4.78, 5) is 6.96. The molecule has 2 N–H and O–H groups in total. The molecule has 0 aliphatic carbocycles. The van der Waals surface area contributed by atoms with E-state index in [9.17, 15) is 0 Å². The van der Waals surface area contributed by atoms with E-state index in [1.807, 2.05) is 6.20 Å². The van der Waals surface area contributed by atoms with E-state index in [-0.39, 0.29) is 5.41 Å². The molecule has 1 aliphatic rings. The molecule has 0 saturated carbocycles. The first kappa shape index (κ1) is 13.3. The SMILES string of the molecule is CC1CN(c2ccc(C(C)(C)C)cn2)CCC1N. The Morgan fingerprint density at radius 2 is 2.06 bits per heavy atom. The van der Waals surface area contributed by atoms with E-state index in [2.05, 4.69) is 49.7 Å². The summed E-state index contributed by atoms with van der Waals surface area (Å²) in [5.41, 5.74) is 7.51. The van der Waals surface area contributed by atoms with Crippen LogP contribution in [0, 0.1) is 5.92 Å². The van der Waals surface area contributed by atoms with E-state index in [0.717, 1.165) is 25.3 Å². The monoisotopic (exact) mass is 247 g/mol. The van der Waals surface area contributed by atoms with Crippen LogP contribution in [-0.4, -0.2) is 24.1 Å². The van der Waals surface area contributed by atoms with Gasteiger partial charge in [-0.3, -0.25) is 0 Å². The molecule has 2 unspecified atom stereocenters. The second-order valence-corrected chi connectivity index (χ2v) is 6.53. The number of pyridine rings is 1. The lowest BCUT2D eigenvalue weighted by molar-refractivity contribution is 0.381. The molecule has 0 amide bonds. The third-order valence-corrected chi connectivity index (χ3v) is 3.91. The van der Waals surface area contributed by atoms with Crippen LogP contribution in [0.4, 0.5) is 5.82 Å². The van der Waals surface area contributed by atoms with E-state index in [0.29, 0.717) is 12.0 Å². The minimum Gasteiger partial charge on any atom is -0.356 e. The molecule has 1 aliphatic heterocycles. The maximum atomic E-state index is 6.05. The highest BCUT2D eigenvalue weighted by molar-refractivity contribution is 5.41. The number of piperidine rings is 1. The molecule has 3 heteroatoms. The van der Waals surface area contributed by atoms with Crippen molar-refractivity contribution in [2.45, 2.75) is 45.6 Å². The molecule has 0 radical (unpaired) electrons. The van der Waals surface area contributed by atoms with Crippen molar-refractivity contribution in [1.29, 1.82) is 0 Å². The predicted molar refractivity (Wildman–Crippen MR) is 76.9 cm³/mol. The Morgan fingerprint density at radius 1 is 1.33 bits per heavy atom. The average Bonchev–Trinajstić information content (AvgIpc) is 2.32. The maximum Gasteiger partial charge on any atom is 0.128 e. The molecule has 0 aromatic carbocycles. The van der Waals surface area contributed by atoms with Crippen LogP contribution in [0.3, 0.4) is 0 Å². The third kappa shape index (κ3) is 2.83. The second-order valence-electron chi connectivity index (χ2n) is 6.53. The minimum atomic E-state index is 0.170. The highest BCUT2D eigenvalue weighted by Gasteiger charge is 2.24. The van der Waals surface area contributed by atoms with Gasteiger partial charge in [-0.15, -0.1) is 0 Å². The number of hydrogen-bond acceptors (Lipinski definition) is 3. The molecule has 0 bridgehead atoms. The van der Waals surface area contributed by atoms with Gasteiger partial charge in [-0.1, -0.05) is 33.8 Å². The van der Waals surface area contributed by atoms with Gasteiger partial charge in [0.1, 0.15) is 5.82 Å². The lowest BCUT2D eigenvalue weighted by atomic mass is 9.88. The maximum absolute atomic E-state index is 6.05. The summed E-state index contributed by atoms with van der Waals surface area (Å²) in [5.74, 6) is 1.63. The van der Waals surface area contributed by atoms with Crippen LogP contribution in [0.1, 0.15) is 39.7 Å². The van der Waals surface area contributed by atoms with Crippen molar-refractivity contribution >= 4 is 5.82 Å². The van der Waals surface area contributed by atoms with Gasteiger partial charge in [-0.2, -0.15) is 0 Å². The molecule has 2 atom stereocenters. The van der Waals surface area contributed by atoms with Crippen LogP contribution in [0.25, 0.3) is 0 Å². The van der Waals surface area contributed by atoms with E-state index >= 15 is 0 Å². The smallest absolute Gasteiger partial charge is 0.128 e. The van der Waals surface area contributed by atoms with Crippen molar-refractivity contribution in [3.8, 4) is 0 Å². The summed E-state index contributed by atoms with van der Waals surface area (Å²) in [6.07, 6.45) is 3.07. The van der Waals surface area contributed by atoms with Crippen LogP contribution in [0.5, 0.6) is 0 Å². The highest BCUT2D eigenvalue weighted by atomic mass is 15.2. The van der Waals surface area contributed by atoms with Gasteiger partial charge in [0.2, 0.25) is 0 Å². The van der Waals surface area contributed by atoms with Gasteiger partial charge in [0.25, 0.3) is 0 Å². The fourth-order valence-corrected chi connectivity index (χ4v) is 2.39. The Labute approximate surface area is 110 Å². The summed E-state index contributed by atoms with van der Waals surface area (Å²) < 4.78 is 0. The molecule has 18 heavy (non-hydrogen) atoms. The normalized spacial score (nSPS) is 25.3. The molecule has 100 valence electrons. The first-order valence-electron chi connectivity index (χ1n) is 6.85. The first-order valence-corrected chi connectivity index (χ1v) is 6.85. The molecular weight excluding hydrogens is 222 g/mol. The Bertz CT molecular complexity index is 391. The van der Waals surface area contributed by atoms with Crippen molar-refractivity contribution in [3.05, 3.63) is 23.9 Å². The van der Waals surface area contributed by atoms with E-state index < -0.39 is 0 Å². The Hall–Kier alpha value is -1.09. The summed E-state index contributed by atoms with van der Waals surface area (Å²) in [7, 11) is 0. The van der Waals surface area contributed by atoms with E-state index in [1.165, 1.54) is 5.56 Å². The van der Waals surface area contributed by atoms with Crippen LogP contribution >= 0.6 is 0 Å². The van der Waals surface area contributed by atoms with Crippen molar-refractivity contribution in [2.24, 2.45) is 11.7 Å². The van der Waals surface area contributed by atoms with Crippen molar-refractivity contribution in [1.82, 2.24) is 4.98 Å².